The average molecular weight is 329 g/mol. The summed E-state index contributed by atoms with van der Waals surface area (Å²) in [6.45, 7) is -2.37. The van der Waals surface area contributed by atoms with E-state index in [0.717, 1.165) is 0 Å². The molecule has 1 aromatic carbocycles. The third kappa shape index (κ3) is 4.31. The predicted octanol–water partition coefficient (Wildman–Crippen LogP) is 0.909. The van der Waals surface area contributed by atoms with E-state index in [4.69, 9.17) is 31.4 Å². The summed E-state index contributed by atoms with van der Waals surface area (Å²) in [5, 5.41) is 32.5. The van der Waals surface area contributed by atoms with Crippen molar-refractivity contribution < 1.29 is 28.2 Å². The van der Waals surface area contributed by atoms with Gasteiger partial charge in [-0.2, -0.15) is 0 Å². The molecule has 3 atom stereocenters. The third-order valence-electron chi connectivity index (χ3n) is 1.99. The number of benzene rings is 1. The molecular weight excluding hydrogens is 311 g/mol. The van der Waals surface area contributed by atoms with E-state index in [0.29, 0.717) is 0 Å². The van der Waals surface area contributed by atoms with Crippen molar-refractivity contribution >= 4 is 34.8 Å². The Morgan fingerprint density at radius 1 is 1.55 bits per heavy atom. The van der Waals surface area contributed by atoms with E-state index in [1.165, 1.54) is 0 Å². The van der Waals surface area contributed by atoms with Crippen molar-refractivity contribution in [3.8, 4) is 0 Å². The van der Waals surface area contributed by atoms with Crippen LogP contribution in [0, 0.1) is 10.1 Å². The number of aliphatic hydroxyl groups is 2. The molecule has 110 valence electrons. The summed E-state index contributed by atoms with van der Waals surface area (Å²) in [7, 11) is 0. The second-order valence-electron chi connectivity index (χ2n) is 3.30. The monoisotopic (exact) mass is 328 g/mol. The Bertz CT molecular complexity index is 719. The lowest BCUT2D eigenvalue weighted by Gasteiger charge is -2.22. The van der Waals surface area contributed by atoms with Crippen LogP contribution in [0.3, 0.4) is 0 Å². The number of rotatable bonds is 6. The molecule has 7 nitrogen and oxygen atoms in total. The standard InChI is InChI=1S/C11H12Cl2N2O5/c12-10(13)11(18)14-8(5-16)9(17)6-1-3-7(4-2-6)15(19)20/h1-4,8-10,16-17H,5H2,(H,14,18)/t8-,9-/m1/s1/i1D,2D,3D,4D,5D,9D/t5?,8-,9-. The van der Waals surface area contributed by atoms with E-state index in [1.807, 2.05) is 0 Å². The molecular formula is C11H12Cl2N2O5. The molecule has 0 heterocycles. The molecule has 1 aromatic rings. The van der Waals surface area contributed by atoms with Crippen LogP contribution >= 0.6 is 23.2 Å². The number of halogens is 2. The average Bonchev–Trinajstić information content (AvgIpc) is 2.49. The maximum atomic E-state index is 11.6. The molecule has 0 saturated heterocycles. The van der Waals surface area contributed by atoms with Crippen LogP contribution in [0.1, 0.15) is 19.9 Å². The number of nitrogens with zero attached hydrogens (tertiary/aromatic N) is 1. The van der Waals surface area contributed by atoms with Gasteiger partial charge in [0, 0.05) is 12.1 Å². The Hall–Kier alpha value is -1.41. The number of alkyl halides is 2. The largest absolute Gasteiger partial charge is 0.394 e. The lowest BCUT2D eigenvalue weighted by atomic mass is 10.0. The second-order valence-corrected chi connectivity index (χ2v) is 4.40. The lowest BCUT2D eigenvalue weighted by molar-refractivity contribution is -0.384. The van der Waals surface area contributed by atoms with Gasteiger partial charge in [0.2, 0.25) is 0 Å². The molecule has 0 bridgehead atoms. The highest BCUT2D eigenvalue weighted by Crippen LogP contribution is 2.20. The summed E-state index contributed by atoms with van der Waals surface area (Å²) in [5.41, 5.74) is -2.27. The van der Waals surface area contributed by atoms with Gasteiger partial charge in [-0.05, 0) is 17.6 Å². The molecule has 0 spiro atoms. The van der Waals surface area contributed by atoms with Crippen molar-refractivity contribution in [2.75, 3.05) is 6.58 Å². The maximum Gasteiger partial charge on any atom is 0.269 e. The molecule has 0 aliphatic heterocycles. The minimum atomic E-state index is -3.28. The minimum Gasteiger partial charge on any atom is -0.394 e. The number of carbonyl (C=O) groups excluding carboxylic acids is 1. The second kappa shape index (κ2) is 7.39. The molecule has 20 heavy (non-hydrogen) atoms. The van der Waals surface area contributed by atoms with Crippen LogP contribution in [0.4, 0.5) is 5.69 Å². The summed E-state index contributed by atoms with van der Waals surface area (Å²) in [6, 6.07) is -6.82. The number of hydrogen-bond donors (Lipinski definition) is 3. The zero-order chi connectivity index (χ0) is 20.6. The van der Waals surface area contributed by atoms with Gasteiger partial charge in [-0.15, -0.1) is 0 Å². The first kappa shape index (κ1) is 9.51. The Labute approximate surface area is 132 Å². The van der Waals surface area contributed by atoms with Gasteiger partial charge in [0.15, 0.2) is 4.84 Å². The van der Waals surface area contributed by atoms with Gasteiger partial charge in [0.25, 0.3) is 11.6 Å². The number of carbonyl (C=O) groups is 1. The van der Waals surface area contributed by atoms with Crippen LogP contribution in [0.25, 0.3) is 0 Å². The topological polar surface area (TPSA) is 113 Å². The Kier molecular flexibility index (Phi) is 3.52. The van der Waals surface area contributed by atoms with Gasteiger partial charge < -0.3 is 15.5 Å². The molecule has 0 aliphatic rings. The van der Waals surface area contributed by atoms with Crippen LogP contribution in [0.5, 0.6) is 0 Å². The van der Waals surface area contributed by atoms with E-state index in [1.54, 1.807) is 5.32 Å². The zero-order valence-corrected chi connectivity index (χ0v) is 11.1. The van der Waals surface area contributed by atoms with Crippen LogP contribution in [0.2, 0.25) is 0 Å². The van der Waals surface area contributed by atoms with E-state index in [-0.39, 0.29) is 0 Å². The van der Waals surface area contributed by atoms with Crippen molar-refractivity contribution in [1.82, 2.24) is 5.32 Å². The highest BCUT2D eigenvalue weighted by molar-refractivity contribution is 6.53. The third-order valence-corrected chi connectivity index (χ3v) is 2.39. The van der Waals surface area contributed by atoms with Crippen molar-refractivity contribution in [2.45, 2.75) is 17.0 Å². The molecule has 1 rings (SSSR count). The molecule has 0 radical (unpaired) electrons. The van der Waals surface area contributed by atoms with Crippen molar-refractivity contribution in [3.63, 3.8) is 0 Å². The van der Waals surface area contributed by atoms with E-state index < -0.39 is 69.8 Å². The number of nitro groups is 1. The smallest absolute Gasteiger partial charge is 0.269 e. The van der Waals surface area contributed by atoms with Gasteiger partial charge in [-0.1, -0.05) is 23.2 Å². The fourth-order valence-corrected chi connectivity index (χ4v) is 1.20. The SMILES string of the molecule is [2H]c1c([2H])c([C@@]([2H])(O)[C@H](NC(=O)C(Cl)Cl)C([2H])O)c([2H])c([2H])c1[N+](=O)[O-]. The van der Waals surface area contributed by atoms with Gasteiger partial charge >= 0.3 is 0 Å². The van der Waals surface area contributed by atoms with Crippen LogP contribution in [0.15, 0.2) is 24.2 Å². The number of hydrogen-bond acceptors (Lipinski definition) is 5. The van der Waals surface area contributed by atoms with Gasteiger partial charge in [-0.3, -0.25) is 14.9 Å². The summed E-state index contributed by atoms with van der Waals surface area (Å²) in [6.07, 6.45) is -3.28. The Morgan fingerprint density at radius 2 is 2.10 bits per heavy atom. The van der Waals surface area contributed by atoms with Gasteiger partial charge in [-0.25, -0.2) is 0 Å². The van der Waals surface area contributed by atoms with E-state index in [2.05, 4.69) is 0 Å². The number of aliphatic hydroxyl groups excluding tert-OH is 1. The van der Waals surface area contributed by atoms with E-state index in [9.17, 15) is 25.1 Å². The summed E-state index contributed by atoms with van der Waals surface area (Å²) in [4.78, 5) is 19.6. The quantitative estimate of drug-likeness (QED) is 0.408. The molecule has 0 aliphatic carbocycles. The molecule has 0 fully saturated rings. The van der Waals surface area contributed by atoms with Gasteiger partial charge in [0.05, 0.1) is 25.8 Å². The Balaban J connectivity index is 3.65. The first-order chi connectivity index (χ1) is 11.7. The normalized spacial score (nSPS) is 21.2. The molecule has 0 aromatic heterocycles. The van der Waals surface area contributed by atoms with Gasteiger partial charge in [0.1, 0.15) is 6.08 Å². The van der Waals surface area contributed by atoms with E-state index >= 15 is 0 Å². The summed E-state index contributed by atoms with van der Waals surface area (Å²) >= 11 is 10.6. The summed E-state index contributed by atoms with van der Waals surface area (Å²) in [5.74, 6) is -1.22. The number of nitro benzene ring substituents is 1. The first-order valence-corrected chi connectivity index (χ1v) is 5.78. The van der Waals surface area contributed by atoms with Crippen LogP contribution in [-0.2, 0) is 4.79 Å². The highest BCUT2D eigenvalue weighted by atomic mass is 35.5. The Morgan fingerprint density at radius 3 is 2.50 bits per heavy atom. The predicted molar refractivity (Wildman–Crippen MR) is 72.6 cm³/mol. The van der Waals surface area contributed by atoms with Crippen LogP contribution < -0.4 is 5.32 Å². The highest BCUT2D eigenvalue weighted by Gasteiger charge is 2.24. The van der Waals surface area contributed by atoms with Crippen molar-refractivity contribution in [2.24, 2.45) is 0 Å². The van der Waals surface area contributed by atoms with Crippen LogP contribution in [-0.4, -0.2) is 38.5 Å². The molecule has 1 amide bonds. The van der Waals surface area contributed by atoms with Crippen molar-refractivity contribution in [1.29, 1.82) is 0 Å². The lowest BCUT2D eigenvalue weighted by Crippen LogP contribution is -2.44. The van der Waals surface area contributed by atoms with Crippen molar-refractivity contribution in [3.05, 3.63) is 39.8 Å². The number of nitrogens with one attached hydrogen (secondary N) is 1. The fourth-order valence-electron chi connectivity index (χ4n) is 1.07. The number of amides is 1. The molecule has 9 heteroatoms. The fraction of sp³-hybridized carbons (Fsp3) is 0.364. The zero-order valence-electron chi connectivity index (χ0n) is 15.6. The molecule has 0 saturated carbocycles. The maximum absolute atomic E-state index is 11.6. The summed E-state index contributed by atoms with van der Waals surface area (Å²) < 4.78 is 45.9. The first-order valence-electron chi connectivity index (χ1n) is 7.99. The minimum absolute atomic E-state index is 1.09. The molecule has 1 unspecified atom stereocenters. The molecule has 3 N–H and O–H groups in total.